The SMILES string of the molecule is CCCCCCc1cccc(C2=C(CCCCC)C(CCCC)=C(c3cccc(CCCC)c3)[N+]2=[N-])c1.CCCO.CCCO.[Ni]. The van der Waals surface area contributed by atoms with Gasteiger partial charge in [0.2, 0.25) is 11.4 Å². The van der Waals surface area contributed by atoms with Gasteiger partial charge in [-0.15, -0.1) is 0 Å². The summed E-state index contributed by atoms with van der Waals surface area (Å²) in [4.78, 5) is 0. The van der Waals surface area contributed by atoms with Crippen LogP contribution in [-0.2, 0) is 29.3 Å². The molecule has 5 heteroatoms. The Kier molecular flexibility index (Phi) is 26.7. The van der Waals surface area contributed by atoms with E-state index in [-0.39, 0.29) is 16.5 Å². The largest absolute Gasteiger partial charge is 0.493 e. The molecule has 0 bridgehead atoms. The van der Waals surface area contributed by atoms with Crippen molar-refractivity contribution in [3.63, 3.8) is 0 Å². The normalized spacial score (nSPS) is 12.4. The van der Waals surface area contributed by atoms with Crippen LogP contribution in [-0.4, -0.2) is 28.1 Å². The van der Waals surface area contributed by atoms with Gasteiger partial charge in [-0.05, 0) is 99.6 Å². The standard InChI is InChI=1S/C35H50N2.2C3H8O.Ni/c1-5-9-13-15-19-29-21-17-23-31(27-29)35-33(25-14-10-6-2)32(24-12-8-4)34(37(35)36)30-22-16-20-28(26-30)18-11-7-3;2*1-2-3-4;/h16-17,20-23,26-27H,5-15,18-19,24-25H2,1-4H3;2*4H,2-3H2,1H3;. The molecule has 46 heavy (non-hydrogen) atoms. The minimum atomic E-state index is 0. The Morgan fingerprint density at radius 1 is 0.500 bits per heavy atom. The number of nitrogens with zero attached hydrogens (tertiary/aromatic N) is 2. The Labute approximate surface area is 293 Å². The fourth-order valence-corrected chi connectivity index (χ4v) is 5.58. The molecule has 0 amide bonds. The summed E-state index contributed by atoms with van der Waals surface area (Å²) in [7, 11) is 0. The van der Waals surface area contributed by atoms with E-state index < -0.39 is 0 Å². The molecule has 2 N–H and O–H groups in total. The molecule has 0 saturated carbocycles. The molecule has 0 aromatic heterocycles. The molecule has 2 aromatic carbocycles. The van der Waals surface area contributed by atoms with Gasteiger partial charge in [-0.3, -0.25) is 0 Å². The first-order valence-corrected chi connectivity index (χ1v) is 18.3. The summed E-state index contributed by atoms with van der Waals surface area (Å²) in [5.41, 5.74) is 21.7. The Bertz CT molecular complexity index is 1150. The molecule has 0 atom stereocenters. The van der Waals surface area contributed by atoms with Crippen LogP contribution in [0.1, 0.15) is 160 Å². The molecule has 0 radical (unpaired) electrons. The summed E-state index contributed by atoms with van der Waals surface area (Å²) in [5, 5.41) is 15.8. The van der Waals surface area contributed by atoms with Gasteiger partial charge in [-0.25, -0.2) is 4.70 Å². The number of aryl methyl sites for hydroxylation is 2. The van der Waals surface area contributed by atoms with Crippen molar-refractivity contribution in [1.82, 2.24) is 0 Å². The van der Waals surface area contributed by atoms with Crippen molar-refractivity contribution in [2.24, 2.45) is 0 Å². The van der Waals surface area contributed by atoms with E-state index in [4.69, 9.17) is 10.2 Å². The molecule has 1 aliphatic rings. The molecule has 0 spiro atoms. The van der Waals surface area contributed by atoms with Gasteiger partial charge in [0.25, 0.3) is 0 Å². The van der Waals surface area contributed by atoms with E-state index in [1.54, 1.807) is 4.70 Å². The Morgan fingerprint density at radius 3 is 1.30 bits per heavy atom. The van der Waals surface area contributed by atoms with Gasteiger partial charge in [0.15, 0.2) is 0 Å². The minimum absolute atomic E-state index is 0. The average molecular weight is 678 g/mol. The van der Waals surface area contributed by atoms with Crippen LogP contribution < -0.4 is 0 Å². The zero-order valence-electron chi connectivity index (χ0n) is 30.2. The smallest absolute Gasteiger partial charge is 0.211 e. The minimum Gasteiger partial charge on any atom is -0.493 e. The summed E-state index contributed by atoms with van der Waals surface area (Å²) < 4.78 is 1.56. The molecule has 0 fully saturated rings. The second kappa shape index (κ2) is 28.0. The number of hydrogen-bond donors (Lipinski definition) is 2. The Balaban J connectivity index is 0.00000201. The molecule has 262 valence electrons. The number of benzene rings is 2. The first-order chi connectivity index (χ1) is 22.0. The van der Waals surface area contributed by atoms with Crippen LogP contribution in [0.3, 0.4) is 0 Å². The van der Waals surface area contributed by atoms with Crippen molar-refractivity contribution in [2.45, 2.75) is 151 Å². The molecule has 1 aliphatic heterocycles. The molecule has 0 aliphatic carbocycles. The maximum atomic E-state index is 11.9. The molecular formula is C41H66N2NiO2. The molecule has 1 heterocycles. The van der Waals surface area contributed by atoms with E-state index in [2.05, 4.69) is 76.2 Å². The summed E-state index contributed by atoms with van der Waals surface area (Å²) in [6, 6.07) is 17.9. The van der Waals surface area contributed by atoms with Crippen LogP contribution >= 0.6 is 0 Å². The van der Waals surface area contributed by atoms with Crippen molar-refractivity contribution in [2.75, 3.05) is 13.2 Å². The van der Waals surface area contributed by atoms with Gasteiger partial charge < -0.3 is 15.7 Å². The maximum absolute atomic E-state index is 11.9. The molecule has 3 rings (SSSR count). The molecule has 4 nitrogen and oxygen atoms in total. The van der Waals surface area contributed by atoms with E-state index in [9.17, 15) is 5.53 Å². The zero-order chi connectivity index (χ0) is 33.3. The Hall–Kier alpha value is -2.07. The third-order valence-corrected chi connectivity index (χ3v) is 8.16. The van der Waals surface area contributed by atoms with Gasteiger partial charge in [0.05, 0.1) is 0 Å². The van der Waals surface area contributed by atoms with Crippen molar-refractivity contribution in [3.05, 3.63) is 87.5 Å². The second-order valence-electron chi connectivity index (χ2n) is 12.3. The van der Waals surface area contributed by atoms with Gasteiger partial charge in [-0.1, -0.05) is 111 Å². The summed E-state index contributed by atoms with van der Waals surface area (Å²) >= 11 is 0. The van der Waals surface area contributed by atoms with E-state index >= 15 is 0 Å². The molecular weight excluding hydrogens is 611 g/mol. The molecule has 0 unspecified atom stereocenters. The fourth-order valence-electron chi connectivity index (χ4n) is 5.58. The second-order valence-corrected chi connectivity index (χ2v) is 12.3. The summed E-state index contributed by atoms with van der Waals surface area (Å²) in [5.74, 6) is 0. The van der Waals surface area contributed by atoms with E-state index in [1.807, 2.05) is 13.8 Å². The summed E-state index contributed by atoms with van der Waals surface area (Å²) in [6.45, 7) is 13.5. The zero-order valence-corrected chi connectivity index (χ0v) is 31.1. The monoisotopic (exact) mass is 676 g/mol. The maximum Gasteiger partial charge on any atom is 0.211 e. The predicted octanol–water partition coefficient (Wildman–Crippen LogP) is 11.9. The van der Waals surface area contributed by atoms with Gasteiger partial charge in [0.1, 0.15) is 0 Å². The summed E-state index contributed by atoms with van der Waals surface area (Å²) in [6.07, 6.45) is 19.4. The number of unbranched alkanes of at least 4 members (excludes halogenated alkanes) is 7. The van der Waals surface area contributed by atoms with E-state index in [0.717, 1.165) is 73.9 Å². The fraction of sp³-hybridized carbons (Fsp3) is 0.610. The number of aliphatic hydroxyl groups excluding tert-OH is 2. The average Bonchev–Trinajstić information content (AvgIpc) is 3.35. The third kappa shape index (κ3) is 15.7. The van der Waals surface area contributed by atoms with Gasteiger partial charge in [-0.2, -0.15) is 0 Å². The predicted molar refractivity (Wildman–Crippen MR) is 195 cm³/mol. The van der Waals surface area contributed by atoms with Crippen LogP contribution in [0, 0.1) is 0 Å². The van der Waals surface area contributed by atoms with Crippen LogP contribution in [0.4, 0.5) is 0 Å². The topological polar surface area (TPSA) is 65.8 Å². The van der Waals surface area contributed by atoms with Crippen LogP contribution in [0.5, 0.6) is 0 Å². The first-order valence-electron chi connectivity index (χ1n) is 18.3. The number of allylic oxidation sites excluding steroid dienone is 2. The van der Waals surface area contributed by atoms with Crippen LogP contribution in [0.15, 0.2) is 59.7 Å². The van der Waals surface area contributed by atoms with Crippen molar-refractivity contribution in [1.29, 1.82) is 0 Å². The number of hydrogen-bond acceptors (Lipinski definition) is 2. The molecule has 2 aromatic rings. The van der Waals surface area contributed by atoms with E-state index in [1.165, 1.54) is 80.1 Å². The van der Waals surface area contributed by atoms with Crippen molar-refractivity contribution in [3.8, 4) is 0 Å². The van der Waals surface area contributed by atoms with Gasteiger partial charge in [0, 0.05) is 52.0 Å². The van der Waals surface area contributed by atoms with Crippen molar-refractivity contribution >= 4 is 11.4 Å². The number of rotatable bonds is 19. The van der Waals surface area contributed by atoms with Crippen LogP contribution in [0.25, 0.3) is 16.9 Å². The quantitative estimate of drug-likeness (QED) is 0.0883. The third-order valence-electron chi connectivity index (χ3n) is 8.16. The van der Waals surface area contributed by atoms with Crippen molar-refractivity contribution < 1.29 is 31.4 Å². The first kappa shape index (κ1) is 43.9. The molecule has 0 saturated heterocycles. The Morgan fingerprint density at radius 2 is 0.870 bits per heavy atom. The van der Waals surface area contributed by atoms with Gasteiger partial charge >= 0.3 is 0 Å². The number of aliphatic hydroxyl groups is 2. The van der Waals surface area contributed by atoms with Crippen LogP contribution in [0.2, 0.25) is 0 Å². The van der Waals surface area contributed by atoms with E-state index in [0.29, 0.717) is 13.2 Å².